The second-order valence-corrected chi connectivity index (χ2v) is 4.72. The minimum Gasteiger partial charge on any atom is -0.360 e. The van der Waals surface area contributed by atoms with Gasteiger partial charge in [0.2, 0.25) is 0 Å². The molecule has 3 heteroatoms. The van der Waals surface area contributed by atoms with Gasteiger partial charge in [0.25, 0.3) is 0 Å². The molecular weight excluding hydrogens is 200 g/mol. The van der Waals surface area contributed by atoms with E-state index in [1.165, 1.54) is 25.7 Å². The van der Waals surface area contributed by atoms with Crippen molar-refractivity contribution in [1.29, 1.82) is 0 Å². The molecule has 0 aromatic carbocycles. The molecule has 2 atom stereocenters. The lowest BCUT2D eigenvalue weighted by Gasteiger charge is -2.18. The molecule has 2 rings (SSSR count). The first-order valence-electron chi connectivity index (χ1n) is 6.51. The summed E-state index contributed by atoms with van der Waals surface area (Å²) < 4.78 is 5.27. The van der Waals surface area contributed by atoms with Crippen molar-refractivity contribution in [3.63, 3.8) is 0 Å². The lowest BCUT2D eigenvalue weighted by atomic mass is 10.0. The van der Waals surface area contributed by atoms with Crippen molar-refractivity contribution in [2.45, 2.75) is 58.5 Å². The zero-order valence-corrected chi connectivity index (χ0v) is 10.3. The number of nitrogens with one attached hydrogen (secondary N) is 1. The highest BCUT2D eigenvalue weighted by Crippen LogP contribution is 2.28. The Morgan fingerprint density at radius 3 is 3.00 bits per heavy atom. The number of rotatable bonds is 5. The summed E-state index contributed by atoms with van der Waals surface area (Å²) in [6.07, 6.45) is 6.30. The van der Waals surface area contributed by atoms with E-state index in [1.54, 1.807) is 0 Å². The SMILES string of the molecule is CCc1cc(CNC2CCCC2CC)on1. The normalized spacial score (nSPS) is 25.1. The van der Waals surface area contributed by atoms with Crippen LogP contribution in [0.2, 0.25) is 0 Å². The fourth-order valence-electron chi connectivity index (χ4n) is 2.63. The summed E-state index contributed by atoms with van der Waals surface area (Å²) in [6.45, 7) is 5.21. The number of hydrogen-bond acceptors (Lipinski definition) is 3. The molecule has 1 aliphatic carbocycles. The van der Waals surface area contributed by atoms with Gasteiger partial charge in [0.05, 0.1) is 12.2 Å². The largest absolute Gasteiger partial charge is 0.360 e. The van der Waals surface area contributed by atoms with E-state index in [0.717, 1.165) is 30.3 Å². The molecule has 3 nitrogen and oxygen atoms in total. The maximum atomic E-state index is 5.27. The molecule has 1 aromatic heterocycles. The molecule has 1 N–H and O–H groups in total. The predicted octanol–water partition coefficient (Wildman–Crippen LogP) is 2.91. The summed E-state index contributed by atoms with van der Waals surface area (Å²) in [5.74, 6) is 1.83. The van der Waals surface area contributed by atoms with Gasteiger partial charge in [-0.15, -0.1) is 0 Å². The molecule has 1 heterocycles. The van der Waals surface area contributed by atoms with Crippen LogP contribution in [-0.2, 0) is 13.0 Å². The van der Waals surface area contributed by atoms with Crippen molar-refractivity contribution in [3.05, 3.63) is 17.5 Å². The molecule has 0 amide bonds. The molecule has 2 unspecified atom stereocenters. The molecule has 0 saturated heterocycles. The predicted molar refractivity (Wildman–Crippen MR) is 64.1 cm³/mol. The van der Waals surface area contributed by atoms with Gasteiger partial charge in [-0.3, -0.25) is 0 Å². The fourth-order valence-corrected chi connectivity index (χ4v) is 2.63. The standard InChI is InChI=1S/C13H22N2O/c1-3-10-6-5-7-13(10)14-9-12-8-11(4-2)15-16-12/h8,10,13-14H,3-7,9H2,1-2H3. The van der Waals surface area contributed by atoms with Gasteiger partial charge in [-0.05, 0) is 25.2 Å². The molecule has 0 bridgehead atoms. The number of aryl methyl sites for hydroxylation is 1. The molecule has 1 aromatic rings. The van der Waals surface area contributed by atoms with E-state index < -0.39 is 0 Å². The van der Waals surface area contributed by atoms with E-state index >= 15 is 0 Å². The Morgan fingerprint density at radius 1 is 1.44 bits per heavy atom. The van der Waals surface area contributed by atoms with Crippen molar-refractivity contribution >= 4 is 0 Å². The van der Waals surface area contributed by atoms with Crippen molar-refractivity contribution in [2.24, 2.45) is 5.92 Å². The van der Waals surface area contributed by atoms with E-state index in [2.05, 4.69) is 30.4 Å². The second kappa shape index (κ2) is 5.48. The van der Waals surface area contributed by atoms with E-state index in [4.69, 9.17) is 4.52 Å². The third-order valence-electron chi connectivity index (χ3n) is 3.69. The zero-order valence-electron chi connectivity index (χ0n) is 10.3. The average Bonchev–Trinajstić information content (AvgIpc) is 2.94. The van der Waals surface area contributed by atoms with Crippen molar-refractivity contribution in [2.75, 3.05) is 0 Å². The summed E-state index contributed by atoms with van der Waals surface area (Å²) in [6, 6.07) is 2.74. The van der Waals surface area contributed by atoms with Gasteiger partial charge in [0.15, 0.2) is 5.76 Å². The monoisotopic (exact) mass is 222 g/mol. The van der Waals surface area contributed by atoms with Gasteiger partial charge in [-0.25, -0.2) is 0 Å². The molecule has 1 fully saturated rings. The first-order chi connectivity index (χ1) is 7.83. The van der Waals surface area contributed by atoms with Crippen molar-refractivity contribution < 1.29 is 4.52 Å². The van der Waals surface area contributed by atoms with Crippen LogP contribution in [0.1, 0.15) is 51.0 Å². The van der Waals surface area contributed by atoms with Crippen LogP contribution >= 0.6 is 0 Å². The molecule has 0 radical (unpaired) electrons. The van der Waals surface area contributed by atoms with E-state index in [9.17, 15) is 0 Å². The van der Waals surface area contributed by atoms with Gasteiger partial charge in [0.1, 0.15) is 0 Å². The third kappa shape index (κ3) is 2.64. The lowest BCUT2D eigenvalue weighted by Crippen LogP contribution is -2.31. The highest BCUT2D eigenvalue weighted by atomic mass is 16.5. The molecule has 90 valence electrons. The lowest BCUT2D eigenvalue weighted by molar-refractivity contribution is 0.336. The fraction of sp³-hybridized carbons (Fsp3) is 0.769. The van der Waals surface area contributed by atoms with Gasteiger partial charge in [0, 0.05) is 12.1 Å². The quantitative estimate of drug-likeness (QED) is 0.832. The second-order valence-electron chi connectivity index (χ2n) is 4.72. The van der Waals surface area contributed by atoms with Crippen LogP contribution in [0.25, 0.3) is 0 Å². The van der Waals surface area contributed by atoms with Gasteiger partial charge < -0.3 is 9.84 Å². The average molecular weight is 222 g/mol. The van der Waals surface area contributed by atoms with Crippen LogP contribution < -0.4 is 5.32 Å². The van der Waals surface area contributed by atoms with E-state index in [-0.39, 0.29) is 0 Å². The summed E-state index contributed by atoms with van der Waals surface area (Å²) in [7, 11) is 0. The number of hydrogen-bond donors (Lipinski definition) is 1. The molecule has 16 heavy (non-hydrogen) atoms. The molecule has 1 saturated carbocycles. The van der Waals surface area contributed by atoms with Crippen LogP contribution in [0.3, 0.4) is 0 Å². The molecule has 1 aliphatic rings. The minimum absolute atomic E-state index is 0.681. The Bertz CT molecular complexity index is 321. The summed E-state index contributed by atoms with van der Waals surface area (Å²) in [5.41, 5.74) is 1.05. The Balaban J connectivity index is 1.82. The summed E-state index contributed by atoms with van der Waals surface area (Å²) in [4.78, 5) is 0. The Kier molecular flexibility index (Phi) is 3.99. The zero-order chi connectivity index (χ0) is 11.4. The topological polar surface area (TPSA) is 38.1 Å². The van der Waals surface area contributed by atoms with Gasteiger partial charge in [-0.2, -0.15) is 0 Å². The third-order valence-corrected chi connectivity index (χ3v) is 3.69. The highest BCUT2D eigenvalue weighted by Gasteiger charge is 2.25. The number of nitrogens with zero attached hydrogens (tertiary/aromatic N) is 1. The van der Waals surface area contributed by atoms with Gasteiger partial charge in [-0.1, -0.05) is 31.8 Å². The molecular formula is C13H22N2O. The molecule has 0 aliphatic heterocycles. The van der Waals surface area contributed by atoms with Crippen LogP contribution in [0.4, 0.5) is 0 Å². The first kappa shape index (κ1) is 11.6. The maximum Gasteiger partial charge on any atom is 0.150 e. The van der Waals surface area contributed by atoms with Crippen molar-refractivity contribution in [3.8, 4) is 0 Å². The van der Waals surface area contributed by atoms with Crippen LogP contribution in [0.15, 0.2) is 10.6 Å². The van der Waals surface area contributed by atoms with Gasteiger partial charge >= 0.3 is 0 Å². The van der Waals surface area contributed by atoms with Crippen LogP contribution in [-0.4, -0.2) is 11.2 Å². The minimum atomic E-state index is 0.681. The Morgan fingerprint density at radius 2 is 2.31 bits per heavy atom. The number of aromatic nitrogens is 1. The summed E-state index contributed by atoms with van der Waals surface area (Å²) in [5, 5.41) is 7.61. The Labute approximate surface area is 97.6 Å². The van der Waals surface area contributed by atoms with Crippen molar-refractivity contribution in [1.82, 2.24) is 10.5 Å². The first-order valence-corrected chi connectivity index (χ1v) is 6.51. The highest BCUT2D eigenvalue weighted by molar-refractivity contribution is 5.05. The molecule has 0 spiro atoms. The smallest absolute Gasteiger partial charge is 0.150 e. The van der Waals surface area contributed by atoms with Crippen LogP contribution in [0, 0.1) is 5.92 Å². The summed E-state index contributed by atoms with van der Waals surface area (Å²) >= 11 is 0. The van der Waals surface area contributed by atoms with E-state index in [1.807, 2.05) is 0 Å². The Hall–Kier alpha value is -0.830. The van der Waals surface area contributed by atoms with E-state index in [0.29, 0.717) is 6.04 Å². The van der Waals surface area contributed by atoms with Crippen LogP contribution in [0.5, 0.6) is 0 Å². The maximum absolute atomic E-state index is 5.27.